The molecule has 0 aliphatic heterocycles. The highest BCUT2D eigenvalue weighted by Gasteiger charge is 2.14. The molecule has 1 aromatic carbocycles. The van der Waals surface area contributed by atoms with Crippen LogP contribution in [0.25, 0.3) is 0 Å². The van der Waals surface area contributed by atoms with Gasteiger partial charge in [-0.25, -0.2) is 9.97 Å². The van der Waals surface area contributed by atoms with Crippen LogP contribution in [0, 0.1) is 13.8 Å². The van der Waals surface area contributed by atoms with Crippen molar-refractivity contribution >= 4 is 17.5 Å². The Morgan fingerprint density at radius 1 is 1.10 bits per heavy atom. The number of benzene rings is 1. The van der Waals surface area contributed by atoms with E-state index >= 15 is 0 Å². The highest BCUT2D eigenvalue weighted by atomic mass is 35.5. The predicted octanol–water partition coefficient (Wildman–Crippen LogP) is 3.46. The lowest BCUT2D eigenvalue weighted by Crippen LogP contribution is -2.27. The molecule has 0 amide bonds. The van der Waals surface area contributed by atoms with Crippen LogP contribution in [0.4, 0.5) is 5.95 Å². The monoisotopic (exact) mass is 304 g/mol. The van der Waals surface area contributed by atoms with Gasteiger partial charge in [0.1, 0.15) is 0 Å². The van der Waals surface area contributed by atoms with Crippen LogP contribution >= 0.6 is 11.6 Å². The van der Waals surface area contributed by atoms with Crippen LogP contribution in [0.1, 0.15) is 23.0 Å². The lowest BCUT2D eigenvalue weighted by molar-refractivity contribution is 0.311. The summed E-state index contributed by atoms with van der Waals surface area (Å²) in [7, 11) is 4.12. The predicted molar refractivity (Wildman–Crippen MR) is 87.9 cm³/mol. The van der Waals surface area contributed by atoms with Gasteiger partial charge in [0.2, 0.25) is 5.95 Å². The molecule has 2 aromatic rings. The number of aromatic nitrogens is 2. The molecule has 1 heterocycles. The summed E-state index contributed by atoms with van der Waals surface area (Å²) < 4.78 is 0. The minimum absolute atomic E-state index is 0.228. The summed E-state index contributed by atoms with van der Waals surface area (Å²) in [5.41, 5.74) is 3.15. The van der Waals surface area contributed by atoms with E-state index in [1.54, 1.807) is 0 Å². The molecule has 0 bridgehead atoms. The van der Waals surface area contributed by atoms with Crippen LogP contribution in [0.5, 0.6) is 0 Å². The Kier molecular flexibility index (Phi) is 5.15. The third kappa shape index (κ3) is 4.41. The summed E-state index contributed by atoms with van der Waals surface area (Å²) in [6.45, 7) is 4.68. The molecular formula is C16H21ClN4. The highest BCUT2D eigenvalue weighted by molar-refractivity contribution is 6.30. The molecule has 1 unspecified atom stereocenters. The summed E-state index contributed by atoms with van der Waals surface area (Å²) in [6.07, 6.45) is 0. The number of anilines is 1. The van der Waals surface area contributed by atoms with Gasteiger partial charge in [0.05, 0.1) is 6.04 Å². The number of hydrogen-bond acceptors (Lipinski definition) is 4. The van der Waals surface area contributed by atoms with Gasteiger partial charge in [0.25, 0.3) is 0 Å². The molecule has 0 saturated carbocycles. The van der Waals surface area contributed by atoms with Gasteiger partial charge in [-0.3, -0.25) is 0 Å². The first-order valence-electron chi connectivity index (χ1n) is 6.94. The van der Waals surface area contributed by atoms with Crippen molar-refractivity contribution in [3.05, 3.63) is 52.3 Å². The SMILES string of the molecule is Cc1cc(C)nc(NCC(c2ccc(Cl)cc2)N(C)C)n1. The molecule has 1 N–H and O–H groups in total. The standard InChI is InChI=1S/C16H21ClN4/c1-11-9-12(2)20-16(19-11)18-10-15(21(3)4)13-5-7-14(17)8-6-13/h5-9,15H,10H2,1-4H3,(H,18,19,20). The summed E-state index contributed by atoms with van der Waals surface area (Å²) in [5, 5.41) is 4.08. The number of aryl methyl sites for hydroxylation is 2. The maximum Gasteiger partial charge on any atom is 0.223 e. The smallest absolute Gasteiger partial charge is 0.223 e. The van der Waals surface area contributed by atoms with E-state index in [1.807, 2.05) is 32.0 Å². The Morgan fingerprint density at radius 3 is 2.19 bits per heavy atom. The fraction of sp³-hybridized carbons (Fsp3) is 0.375. The van der Waals surface area contributed by atoms with E-state index in [4.69, 9.17) is 11.6 Å². The van der Waals surface area contributed by atoms with Gasteiger partial charge < -0.3 is 10.2 Å². The van der Waals surface area contributed by atoms with Crippen molar-refractivity contribution < 1.29 is 0 Å². The van der Waals surface area contributed by atoms with Gasteiger partial charge in [0.15, 0.2) is 0 Å². The maximum absolute atomic E-state index is 5.95. The van der Waals surface area contributed by atoms with E-state index in [2.05, 4.69) is 46.4 Å². The highest BCUT2D eigenvalue weighted by Crippen LogP contribution is 2.20. The maximum atomic E-state index is 5.95. The molecule has 0 aliphatic carbocycles. The normalized spacial score (nSPS) is 12.5. The number of nitrogens with zero attached hydrogens (tertiary/aromatic N) is 3. The van der Waals surface area contributed by atoms with Crippen molar-refractivity contribution in [1.82, 2.24) is 14.9 Å². The quantitative estimate of drug-likeness (QED) is 0.918. The van der Waals surface area contributed by atoms with E-state index in [9.17, 15) is 0 Å². The van der Waals surface area contributed by atoms with Crippen LogP contribution in [0.2, 0.25) is 5.02 Å². The van der Waals surface area contributed by atoms with Crippen LogP contribution in [0.3, 0.4) is 0 Å². The molecule has 4 nitrogen and oxygen atoms in total. The molecule has 2 rings (SSSR count). The van der Waals surface area contributed by atoms with Gasteiger partial charge in [-0.15, -0.1) is 0 Å². The van der Waals surface area contributed by atoms with Gasteiger partial charge in [-0.05, 0) is 51.7 Å². The zero-order chi connectivity index (χ0) is 15.4. The van der Waals surface area contributed by atoms with Crippen molar-refractivity contribution in [2.45, 2.75) is 19.9 Å². The second-order valence-corrected chi connectivity index (χ2v) is 5.82. The Labute approximate surface area is 131 Å². The van der Waals surface area contributed by atoms with Gasteiger partial charge >= 0.3 is 0 Å². The van der Waals surface area contributed by atoms with E-state index in [-0.39, 0.29) is 6.04 Å². The molecule has 1 atom stereocenters. The first-order valence-corrected chi connectivity index (χ1v) is 7.31. The molecule has 0 aliphatic rings. The lowest BCUT2D eigenvalue weighted by Gasteiger charge is -2.25. The van der Waals surface area contributed by atoms with Crippen LogP contribution in [-0.4, -0.2) is 35.5 Å². The van der Waals surface area contributed by atoms with Gasteiger partial charge in [-0.1, -0.05) is 23.7 Å². The molecule has 0 fully saturated rings. The Bertz CT molecular complexity index is 575. The molecule has 5 heteroatoms. The first-order chi connectivity index (χ1) is 9.95. The minimum Gasteiger partial charge on any atom is -0.352 e. The minimum atomic E-state index is 0.228. The van der Waals surface area contributed by atoms with Crippen molar-refractivity contribution in [3.63, 3.8) is 0 Å². The Hall–Kier alpha value is -1.65. The number of nitrogens with one attached hydrogen (secondary N) is 1. The molecule has 21 heavy (non-hydrogen) atoms. The number of halogens is 1. The zero-order valence-electron chi connectivity index (χ0n) is 12.9. The van der Waals surface area contributed by atoms with Gasteiger partial charge in [-0.2, -0.15) is 0 Å². The number of likely N-dealkylation sites (N-methyl/N-ethyl adjacent to an activating group) is 1. The summed E-state index contributed by atoms with van der Waals surface area (Å²) in [5.74, 6) is 0.674. The van der Waals surface area contributed by atoms with Gasteiger partial charge in [0, 0.05) is 23.0 Å². The Balaban J connectivity index is 2.11. The van der Waals surface area contributed by atoms with E-state index in [1.165, 1.54) is 5.56 Å². The first kappa shape index (κ1) is 15.7. The van der Waals surface area contributed by atoms with Crippen molar-refractivity contribution in [2.24, 2.45) is 0 Å². The van der Waals surface area contributed by atoms with E-state index in [0.29, 0.717) is 5.95 Å². The van der Waals surface area contributed by atoms with Crippen LogP contribution in [-0.2, 0) is 0 Å². The summed E-state index contributed by atoms with van der Waals surface area (Å²) in [6, 6.07) is 10.1. The average Bonchev–Trinajstić information content (AvgIpc) is 2.39. The zero-order valence-corrected chi connectivity index (χ0v) is 13.6. The van der Waals surface area contributed by atoms with E-state index < -0.39 is 0 Å². The van der Waals surface area contributed by atoms with E-state index in [0.717, 1.165) is 23.0 Å². The van der Waals surface area contributed by atoms with Crippen LogP contribution < -0.4 is 5.32 Å². The number of rotatable bonds is 5. The molecule has 0 spiro atoms. The topological polar surface area (TPSA) is 41.1 Å². The summed E-state index contributed by atoms with van der Waals surface area (Å²) >= 11 is 5.95. The molecule has 1 aromatic heterocycles. The molecule has 0 saturated heterocycles. The Morgan fingerprint density at radius 2 is 1.67 bits per heavy atom. The molecular weight excluding hydrogens is 284 g/mol. The summed E-state index contributed by atoms with van der Waals surface area (Å²) in [4.78, 5) is 11.0. The molecule has 0 radical (unpaired) electrons. The lowest BCUT2D eigenvalue weighted by atomic mass is 10.1. The van der Waals surface area contributed by atoms with Crippen molar-refractivity contribution in [3.8, 4) is 0 Å². The van der Waals surface area contributed by atoms with Crippen molar-refractivity contribution in [2.75, 3.05) is 26.0 Å². The third-order valence-electron chi connectivity index (χ3n) is 3.31. The second kappa shape index (κ2) is 6.87. The number of hydrogen-bond donors (Lipinski definition) is 1. The fourth-order valence-corrected chi connectivity index (χ4v) is 2.40. The second-order valence-electron chi connectivity index (χ2n) is 5.39. The fourth-order valence-electron chi connectivity index (χ4n) is 2.28. The average molecular weight is 305 g/mol. The van der Waals surface area contributed by atoms with Crippen LogP contribution in [0.15, 0.2) is 30.3 Å². The largest absolute Gasteiger partial charge is 0.352 e. The van der Waals surface area contributed by atoms with Crippen molar-refractivity contribution in [1.29, 1.82) is 0 Å². The molecule has 112 valence electrons. The third-order valence-corrected chi connectivity index (χ3v) is 3.57.